The third-order valence-corrected chi connectivity index (χ3v) is 6.42. The Morgan fingerprint density at radius 2 is 1.89 bits per heavy atom. The molecule has 0 unspecified atom stereocenters. The minimum absolute atomic E-state index is 0.360. The van der Waals surface area contributed by atoms with Crippen molar-refractivity contribution in [3.63, 3.8) is 0 Å². The number of hydrogen-bond donors (Lipinski definition) is 0. The highest BCUT2D eigenvalue weighted by atomic mass is 35.5. The normalized spacial score (nSPS) is 18.9. The first kappa shape index (κ1) is 14.8. The van der Waals surface area contributed by atoms with Crippen LogP contribution in [0.3, 0.4) is 0 Å². The Balaban J connectivity index is 2.28. The van der Waals surface area contributed by atoms with E-state index in [2.05, 4.69) is 5.10 Å². The summed E-state index contributed by atoms with van der Waals surface area (Å²) >= 11 is 5.83. The van der Waals surface area contributed by atoms with Crippen molar-refractivity contribution in [2.75, 3.05) is 19.0 Å². The van der Waals surface area contributed by atoms with Crippen LogP contribution in [-0.2, 0) is 17.1 Å². The lowest BCUT2D eigenvalue weighted by Crippen LogP contribution is -2.39. The molecule has 0 radical (unpaired) electrons. The average Bonchev–Trinajstić information content (AvgIpc) is 2.63. The van der Waals surface area contributed by atoms with E-state index >= 15 is 0 Å². The predicted octanol–water partition coefficient (Wildman–Crippen LogP) is 1.68. The number of nitrogens with zero attached hydrogens (tertiary/aromatic N) is 3. The Kier molecular flexibility index (Phi) is 4.23. The first-order valence-corrected chi connectivity index (χ1v) is 8.41. The Labute approximate surface area is 119 Å². The first-order valence-electron chi connectivity index (χ1n) is 6.44. The fraction of sp³-hybridized carbons (Fsp3) is 0.750. The van der Waals surface area contributed by atoms with Crippen LogP contribution < -0.4 is 0 Å². The van der Waals surface area contributed by atoms with Gasteiger partial charge in [-0.2, -0.15) is 9.40 Å². The molecule has 0 N–H and O–H groups in total. The molecule has 0 atom stereocenters. The van der Waals surface area contributed by atoms with E-state index in [-0.39, 0.29) is 0 Å². The van der Waals surface area contributed by atoms with E-state index < -0.39 is 10.0 Å². The van der Waals surface area contributed by atoms with Crippen LogP contribution in [0.4, 0.5) is 0 Å². The van der Waals surface area contributed by atoms with Crippen LogP contribution in [0.25, 0.3) is 0 Å². The lowest BCUT2D eigenvalue weighted by atomic mass is 10.0. The maximum Gasteiger partial charge on any atom is 0.246 e. The highest BCUT2D eigenvalue weighted by Gasteiger charge is 2.33. The summed E-state index contributed by atoms with van der Waals surface area (Å²) in [5, 5.41) is 4.19. The summed E-state index contributed by atoms with van der Waals surface area (Å²) in [6, 6.07) is 0. The summed E-state index contributed by atoms with van der Waals surface area (Å²) in [7, 11) is -1.66. The number of piperidine rings is 1. The zero-order valence-electron chi connectivity index (χ0n) is 11.6. The molecule has 0 amide bonds. The third kappa shape index (κ3) is 2.66. The minimum Gasteiger partial charge on any atom is -0.271 e. The molecule has 1 aromatic heterocycles. The number of alkyl halides is 1. The summed E-state index contributed by atoms with van der Waals surface area (Å²) in [6.45, 7) is 4.63. The predicted molar refractivity (Wildman–Crippen MR) is 74.9 cm³/mol. The SMILES string of the molecule is Cc1nn(C)c(C)c1S(=O)(=O)N1CCC(CCl)CC1. The molecule has 0 spiro atoms. The molecule has 7 heteroatoms. The van der Waals surface area contributed by atoms with E-state index in [1.54, 1.807) is 29.9 Å². The Morgan fingerprint density at radius 1 is 1.32 bits per heavy atom. The summed E-state index contributed by atoms with van der Waals surface area (Å²) in [5.74, 6) is 1.04. The van der Waals surface area contributed by atoms with Gasteiger partial charge >= 0.3 is 0 Å². The van der Waals surface area contributed by atoms with Crippen molar-refractivity contribution in [3.05, 3.63) is 11.4 Å². The van der Waals surface area contributed by atoms with E-state index in [1.807, 2.05) is 0 Å². The second-order valence-corrected chi connectivity index (χ2v) is 7.31. The van der Waals surface area contributed by atoms with Crippen LogP contribution in [0.15, 0.2) is 4.90 Å². The molecule has 5 nitrogen and oxygen atoms in total. The molecular formula is C12H20ClN3O2S. The number of aromatic nitrogens is 2. The molecule has 19 heavy (non-hydrogen) atoms. The van der Waals surface area contributed by atoms with Gasteiger partial charge in [-0.15, -0.1) is 11.6 Å². The fourth-order valence-corrected chi connectivity index (χ4v) is 4.74. The van der Waals surface area contributed by atoms with E-state index in [1.165, 1.54) is 0 Å². The molecule has 1 aliphatic heterocycles. The number of aryl methyl sites for hydroxylation is 2. The fourth-order valence-electron chi connectivity index (χ4n) is 2.56. The third-order valence-electron chi connectivity index (χ3n) is 3.83. The minimum atomic E-state index is -3.43. The topological polar surface area (TPSA) is 55.2 Å². The van der Waals surface area contributed by atoms with Crippen LogP contribution >= 0.6 is 11.6 Å². The molecule has 2 heterocycles. The van der Waals surface area contributed by atoms with Crippen molar-refractivity contribution in [2.24, 2.45) is 13.0 Å². The van der Waals surface area contributed by atoms with E-state index in [4.69, 9.17) is 11.6 Å². The van der Waals surface area contributed by atoms with Crippen LogP contribution in [0, 0.1) is 19.8 Å². The highest BCUT2D eigenvalue weighted by molar-refractivity contribution is 7.89. The monoisotopic (exact) mass is 305 g/mol. The van der Waals surface area contributed by atoms with E-state index in [0.29, 0.717) is 41.2 Å². The van der Waals surface area contributed by atoms with Crippen LogP contribution in [0.1, 0.15) is 24.2 Å². The largest absolute Gasteiger partial charge is 0.271 e. The Morgan fingerprint density at radius 3 is 2.32 bits per heavy atom. The molecule has 108 valence electrons. The van der Waals surface area contributed by atoms with Crippen molar-refractivity contribution in [1.29, 1.82) is 0 Å². The molecule has 1 fully saturated rings. The van der Waals surface area contributed by atoms with Gasteiger partial charge in [0, 0.05) is 26.0 Å². The molecule has 2 rings (SSSR count). The summed E-state index contributed by atoms with van der Waals surface area (Å²) in [4.78, 5) is 0.360. The van der Waals surface area contributed by atoms with Gasteiger partial charge in [0.1, 0.15) is 4.90 Å². The second kappa shape index (κ2) is 5.42. The quantitative estimate of drug-likeness (QED) is 0.798. The van der Waals surface area contributed by atoms with Crippen LogP contribution in [0.2, 0.25) is 0 Å². The summed E-state index contributed by atoms with van der Waals surface area (Å²) in [5.41, 5.74) is 1.26. The Bertz CT molecular complexity index is 560. The van der Waals surface area contributed by atoms with Crippen LogP contribution in [0.5, 0.6) is 0 Å². The zero-order chi connectivity index (χ0) is 14.2. The van der Waals surface area contributed by atoms with Crippen molar-refractivity contribution in [1.82, 2.24) is 14.1 Å². The van der Waals surface area contributed by atoms with E-state index in [0.717, 1.165) is 12.8 Å². The van der Waals surface area contributed by atoms with Crippen molar-refractivity contribution in [2.45, 2.75) is 31.6 Å². The van der Waals surface area contributed by atoms with Gasteiger partial charge in [0.25, 0.3) is 0 Å². The molecule has 0 saturated carbocycles. The highest BCUT2D eigenvalue weighted by Crippen LogP contribution is 2.27. The standard InChI is InChI=1S/C12H20ClN3O2S/c1-9-12(10(2)15(3)14-9)19(17,18)16-6-4-11(8-13)5-7-16/h11H,4-8H2,1-3H3. The smallest absolute Gasteiger partial charge is 0.246 e. The van der Waals surface area contributed by atoms with Crippen LogP contribution in [-0.4, -0.2) is 41.5 Å². The number of rotatable bonds is 3. The molecular weight excluding hydrogens is 286 g/mol. The maximum absolute atomic E-state index is 12.7. The van der Waals surface area contributed by atoms with Gasteiger partial charge < -0.3 is 0 Å². The Hall–Kier alpha value is -0.590. The average molecular weight is 306 g/mol. The molecule has 0 aliphatic carbocycles. The van der Waals surface area contributed by atoms with Gasteiger partial charge in [-0.3, -0.25) is 4.68 Å². The molecule has 1 saturated heterocycles. The van der Waals surface area contributed by atoms with Gasteiger partial charge in [0.05, 0.1) is 11.4 Å². The first-order chi connectivity index (χ1) is 8.87. The molecule has 1 aliphatic rings. The lowest BCUT2D eigenvalue weighted by molar-refractivity contribution is 0.290. The van der Waals surface area contributed by atoms with Crippen molar-refractivity contribution in [3.8, 4) is 0 Å². The van der Waals surface area contributed by atoms with Crippen molar-refractivity contribution < 1.29 is 8.42 Å². The summed E-state index contributed by atoms with van der Waals surface area (Å²) in [6.07, 6.45) is 1.67. The second-order valence-electron chi connectivity index (χ2n) is 5.13. The summed E-state index contributed by atoms with van der Waals surface area (Å²) < 4.78 is 28.5. The number of halogens is 1. The lowest BCUT2D eigenvalue weighted by Gasteiger charge is -2.30. The van der Waals surface area contributed by atoms with Gasteiger partial charge in [-0.1, -0.05) is 0 Å². The zero-order valence-corrected chi connectivity index (χ0v) is 13.1. The number of sulfonamides is 1. The molecule has 0 aromatic carbocycles. The van der Waals surface area contributed by atoms with E-state index in [9.17, 15) is 8.42 Å². The maximum atomic E-state index is 12.7. The van der Waals surface area contributed by atoms with Gasteiger partial charge in [0.2, 0.25) is 10.0 Å². The number of hydrogen-bond acceptors (Lipinski definition) is 3. The van der Waals surface area contributed by atoms with Gasteiger partial charge in [-0.05, 0) is 32.6 Å². The molecule has 0 bridgehead atoms. The van der Waals surface area contributed by atoms with Gasteiger partial charge in [0.15, 0.2) is 0 Å². The van der Waals surface area contributed by atoms with Crippen molar-refractivity contribution >= 4 is 21.6 Å². The molecule has 1 aromatic rings. The van der Waals surface area contributed by atoms with Gasteiger partial charge in [-0.25, -0.2) is 8.42 Å².